The third-order valence-electron chi connectivity index (χ3n) is 6.53. The summed E-state index contributed by atoms with van der Waals surface area (Å²) in [5.41, 5.74) is 3.45. The summed E-state index contributed by atoms with van der Waals surface area (Å²) in [4.78, 5) is 32.6. The Morgan fingerprint density at radius 3 is 2.42 bits per heavy atom. The fourth-order valence-corrected chi connectivity index (χ4v) is 6.16. The van der Waals surface area contributed by atoms with Crippen LogP contribution in [0.15, 0.2) is 36.7 Å². The molecule has 12 nitrogen and oxygen atoms in total. The summed E-state index contributed by atoms with van der Waals surface area (Å²) in [6.45, 7) is 11.1. The number of rotatable bonds is 7. The number of halogens is 1. The summed E-state index contributed by atoms with van der Waals surface area (Å²) in [6.07, 6.45) is 5.11. The van der Waals surface area contributed by atoms with E-state index in [4.69, 9.17) is 24.3 Å². The molecule has 230 valence electrons. The predicted molar refractivity (Wildman–Crippen MR) is 179 cm³/mol. The van der Waals surface area contributed by atoms with Crippen molar-refractivity contribution in [1.29, 1.82) is 0 Å². The van der Waals surface area contributed by atoms with Gasteiger partial charge in [0, 0.05) is 36.1 Å². The molecule has 1 atom stereocenters. The van der Waals surface area contributed by atoms with Crippen LogP contribution in [-0.4, -0.2) is 74.5 Å². The quantitative estimate of drug-likeness (QED) is 0.172. The highest BCUT2D eigenvalue weighted by Gasteiger charge is 2.25. The van der Waals surface area contributed by atoms with Crippen LogP contribution in [0.1, 0.15) is 47.5 Å². The molecule has 1 unspecified atom stereocenters. The molecule has 0 aliphatic carbocycles. The maximum atomic E-state index is 12.2. The second kappa shape index (κ2) is 14.4. The summed E-state index contributed by atoms with van der Waals surface area (Å²) in [7, 11) is 3.08. The van der Waals surface area contributed by atoms with Gasteiger partial charge in [-0.3, -0.25) is 4.98 Å². The number of carbonyl (C=O) groups excluding carboxylic acids is 1. The van der Waals surface area contributed by atoms with E-state index in [2.05, 4.69) is 47.2 Å². The third kappa shape index (κ3) is 7.99. The molecule has 1 N–H and O–H groups in total. The summed E-state index contributed by atoms with van der Waals surface area (Å²) >= 11 is 2.32. The topological polar surface area (TPSA) is 129 Å². The van der Waals surface area contributed by atoms with Gasteiger partial charge in [-0.25, -0.2) is 14.2 Å². The number of amides is 1. The molecule has 1 saturated heterocycles. The zero-order valence-corrected chi connectivity index (χ0v) is 28.7. The number of ether oxygens (including phenoxy) is 3. The number of nitrogens with one attached hydrogen (secondary N) is 1. The molecule has 0 radical (unpaired) electrons. The highest BCUT2D eigenvalue weighted by Crippen LogP contribution is 2.37. The summed E-state index contributed by atoms with van der Waals surface area (Å²) < 4.78 is 18.0. The van der Waals surface area contributed by atoms with E-state index in [1.807, 2.05) is 57.3 Å². The first kappa shape index (κ1) is 32.6. The van der Waals surface area contributed by atoms with Crippen LogP contribution < -0.4 is 19.7 Å². The van der Waals surface area contributed by atoms with Crippen LogP contribution in [-0.2, 0) is 4.74 Å². The van der Waals surface area contributed by atoms with E-state index in [0.29, 0.717) is 23.6 Å². The lowest BCUT2D eigenvalue weighted by Crippen LogP contribution is -2.46. The third-order valence-corrected chi connectivity index (χ3v) is 8.41. The molecule has 1 aliphatic heterocycles. The zero-order valence-electron chi connectivity index (χ0n) is 25.5. The Hall–Kier alpha value is -3.32. The number of nitrogens with zero attached hydrogens (tertiary/aromatic N) is 7. The van der Waals surface area contributed by atoms with Gasteiger partial charge in [-0.05, 0) is 67.8 Å². The normalized spacial score (nSPS) is 14.0. The predicted octanol–water partition coefficient (Wildman–Crippen LogP) is 6.28. The van der Waals surface area contributed by atoms with Crippen LogP contribution in [0.25, 0.3) is 33.5 Å². The minimum Gasteiger partial charge on any atom is -0.481 e. The number of fused-ring (bicyclic) bond motifs is 1. The molecule has 5 rings (SSSR count). The van der Waals surface area contributed by atoms with Gasteiger partial charge in [0.1, 0.15) is 22.8 Å². The van der Waals surface area contributed by atoms with Crippen molar-refractivity contribution >= 4 is 51.2 Å². The molecule has 1 fully saturated rings. The summed E-state index contributed by atoms with van der Waals surface area (Å²) in [5, 5.41) is 8.82. The highest BCUT2D eigenvalue weighted by molar-refractivity contribution is 14.2. The molecule has 14 heteroatoms. The monoisotopic (exact) mass is 720 g/mol. The van der Waals surface area contributed by atoms with E-state index in [-0.39, 0.29) is 18.1 Å². The van der Waals surface area contributed by atoms with Gasteiger partial charge in [-0.1, -0.05) is 19.9 Å². The minimum atomic E-state index is -0.523. The van der Waals surface area contributed by atoms with Crippen molar-refractivity contribution in [1.82, 2.24) is 34.8 Å². The summed E-state index contributed by atoms with van der Waals surface area (Å²) in [5.74, 6) is 1.19. The molecule has 0 saturated carbocycles. The largest absolute Gasteiger partial charge is 0.481 e. The van der Waals surface area contributed by atoms with Gasteiger partial charge < -0.3 is 24.4 Å². The highest BCUT2D eigenvalue weighted by atomic mass is 127. The number of aromatic nitrogens is 6. The fourth-order valence-electron chi connectivity index (χ4n) is 4.63. The number of piperidine rings is 1. The van der Waals surface area contributed by atoms with Gasteiger partial charge in [0.05, 0.1) is 44.2 Å². The Kier molecular flexibility index (Phi) is 10.9. The first-order chi connectivity index (χ1) is 20.7. The van der Waals surface area contributed by atoms with Crippen molar-refractivity contribution in [2.75, 3.05) is 32.2 Å². The van der Waals surface area contributed by atoms with E-state index >= 15 is 0 Å². The van der Waals surface area contributed by atoms with E-state index in [0.717, 1.165) is 53.9 Å². The molecule has 43 heavy (non-hydrogen) atoms. The molecule has 3 aromatic heterocycles. The van der Waals surface area contributed by atoms with Crippen LogP contribution in [0.5, 0.6) is 11.9 Å². The Balaban J connectivity index is 0.00000207. The molecule has 1 amide bonds. The fraction of sp³-hybridized carbons (Fsp3) is 0.448. The lowest BCUT2D eigenvalue weighted by molar-refractivity contribution is 0.0497. The van der Waals surface area contributed by atoms with Crippen LogP contribution in [0.2, 0.25) is 0 Å². The average molecular weight is 721 g/mol. The van der Waals surface area contributed by atoms with Crippen LogP contribution >= 0.6 is 28.4 Å². The minimum absolute atomic E-state index is 0.0546. The van der Waals surface area contributed by atoms with Gasteiger partial charge in [-0.15, -0.1) is 0 Å². The van der Waals surface area contributed by atoms with Gasteiger partial charge in [0.25, 0.3) is 0 Å². The number of anilines is 1. The Morgan fingerprint density at radius 1 is 1.02 bits per heavy atom. The van der Waals surface area contributed by atoms with E-state index in [1.165, 1.54) is 7.11 Å². The number of carbonyl (C=O) groups is 1. The van der Waals surface area contributed by atoms with Crippen molar-refractivity contribution in [3.05, 3.63) is 36.7 Å². The van der Waals surface area contributed by atoms with E-state index < -0.39 is 5.60 Å². The van der Waals surface area contributed by atoms with Crippen molar-refractivity contribution < 1.29 is 19.0 Å². The first-order valence-electron chi connectivity index (χ1n) is 14.1. The standard InChI is InChI=1S/C27H32IN8O4P.C2H6/c1-27(2,3)40-26(37)30-17-8-10-35(11-9-17)22-15-29-14-20(31-22)24-18-12-16(6-7-21(18)36(34-24)41-28)19-13-23(38-4)33-25(32-19)39-5;1-2/h6-7,12-15,17,41H,8-11H2,1-5H3,(H,30,37);1-2H3. The lowest BCUT2D eigenvalue weighted by atomic mass is 10.1. The number of hydrogen-bond donors (Lipinski definition) is 1. The number of hydrogen-bond acceptors (Lipinski definition) is 10. The second-order valence-corrected chi connectivity index (χ2v) is 12.6. The molecule has 0 spiro atoms. The Morgan fingerprint density at radius 2 is 1.77 bits per heavy atom. The SMILES string of the molecule is CC.COc1cc(-c2ccc3c(c2)c(-c2cncc(N4CCC(NC(=O)OC(C)(C)C)CC4)n2)nn3PI)nc(OC)n1. The number of benzene rings is 1. The van der Waals surface area contributed by atoms with Crippen LogP contribution in [0, 0.1) is 0 Å². The number of methoxy groups -OCH3 is 2. The van der Waals surface area contributed by atoms with Crippen molar-refractivity contribution in [3.63, 3.8) is 0 Å². The van der Waals surface area contributed by atoms with Gasteiger partial charge in [0.2, 0.25) is 5.88 Å². The van der Waals surface area contributed by atoms with Gasteiger partial charge in [0.15, 0.2) is 0 Å². The van der Waals surface area contributed by atoms with Crippen molar-refractivity contribution in [3.8, 4) is 34.5 Å². The molecule has 4 aromatic rings. The Labute approximate surface area is 266 Å². The zero-order chi connectivity index (χ0) is 31.1. The van der Waals surface area contributed by atoms with E-state index in [9.17, 15) is 4.79 Å². The molecular formula is C29H38IN8O4P. The van der Waals surface area contributed by atoms with Crippen LogP contribution in [0.3, 0.4) is 0 Å². The number of alkyl carbamates (subject to hydrolysis) is 1. The maximum Gasteiger partial charge on any atom is 0.407 e. The van der Waals surface area contributed by atoms with Gasteiger partial charge in [-0.2, -0.15) is 15.1 Å². The smallest absolute Gasteiger partial charge is 0.407 e. The molecule has 1 aliphatic rings. The molecule has 1 aromatic carbocycles. The van der Waals surface area contributed by atoms with Gasteiger partial charge >= 0.3 is 12.1 Å². The summed E-state index contributed by atoms with van der Waals surface area (Å²) in [6, 6.07) is 8.14. The maximum absolute atomic E-state index is 12.2. The molecule has 0 bridgehead atoms. The molecule has 4 heterocycles. The van der Waals surface area contributed by atoms with Crippen molar-refractivity contribution in [2.45, 2.75) is 59.1 Å². The Bertz CT molecular complexity index is 1530. The first-order valence-corrected chi connectivity index (χ1v) is 18.2. The average Bonchev–Trinajstić information content (AvgIpc) is 3.39. The van der Waals surface area contributed by atoms with Crippen molar-refractivity contribution in [2.24, 2.45) is 0 Å². The second-order valence-electron chi connectivity index (χ2n) is 10.5. The van der Waals surface area contributed by atoms with E-state index in [1.54, 1.807) is 25.6 Å². The molecular weight excluding hydrogens is 682 g/mol. The van der Waals surface area contributed by atoms with Crippen LogP contribution in [0.4, 0.5) is 10.6 Å². The lowest BCUT2D eigenvalue weighted by Gasteiger charge is -2.33.